The van der Waals surface area contributed by atoms with E-state index in [9.17, 15) is 9.90 Å². The monoisotopic (exact) mass is 269 g/mol. The summed E-state index contributed by atoms with van der Waals surface area (Å²) in [5.41, 5.74) is -0.526. The number of aliphatic carboxylic acids is 1. The topological polar surface area (TPSA) is 49.8 Å². The number of rotatable bonds is 3. The van der Waals surface area contributed by atoms with Crippen molar-refractivity contribution in [3.8, 4) is 0 Å². The van der Waals surface area contributed by atoms with Crippen LogP contribution in [0.1, 0.15) is 52.4 Å². The van der Waals surface area contributed by atoms with E-state index in [4.69, 9.17) is 4.74 Å². The smallest absolute Gasteiger partial charge is 0.310 e. The maximum atomic E-state index is 11.8. The Hall–Kier alpha value is -0.610. The van der Waals surface area contributed by atoms with Crippen molar-refractivity contribution in [2.45, 2.75) is 64.5 Å². The fourth-order valence-electron chi connectivity index (χ4n) is 3.43. The standard InChI is InChI=1S/C15H27NO3/c1-12-10-19-13(2)9-16(12)11-15(14(17)18)7-5-3-4-6-8-15/h12-13H,3-11H2,1-2H3,(H,17,18). The quantitative estimate of drug-likeness (QED) is 0.800. The van der Waals surface area contributed by atoms with Crippen LogP contribution in [0.5, 0.6) is 0 Å². The molecule has 1 N–H and O–H groups in total. The molecule has 0 aromatic rings. The molecule has 4 nitrogen and oxygen atoms in total. The van der Waals surface area contributed by atoms with Gasteiger partial charge in [0.05, 0.1) is 18.1 Å². The summed E-state index contributed by atoms with van der Waals surface area (Å²) in [5.74, 6) is -0.597. The highest BCUT2D eigenvalue weighted by Gasteiger charge is 2.41. The summed E-state index contributed by atoms with van der Waals surface area (Å²) in [6, 6.07) is 0.329. The van der Waals surface area contributed by atoms with Crippen LogP contribution < -0.4 is 0 Å². The largest absolute Gasteiger partial charge is 0.481 e. The Morgan fingerprint density at radius 2 is 1.89 bits per heavy atom. The molecule has 19 heavy (non-hydrogen) atoms. The molecule has 1 saturated heterocycles. The van der Waals surface area contributed by atoms with E-state index in [2.05, 4.69) is 18.7 Å². The van der Waals surface area contributed by atoms with E-state index in [0.29, 0.717) is 12.6 Å². The zero-order valence-electron chi connectivity index (χ0n) is 12.2. The molecule has 1 aliphatic heterocycles. The van der Waals surface area contributed by atoms with Gasteiger partial charge in [0.1, 0.15) is 0 Å². The Morgan fingerprint density at radius 1 is 1.26 bits per heavy atom. The number of carbonyl (C=O) groups is 1. The second-order valence-corrected chi connectivity index (χ2v) is 6.42. The second-order valence-electron chi connectivity index (χ2n) is 6.42. The lowest BCUT2D eigenvalue weighted by atomic mass is 9.79. The minimum atomic E-state index is -0.597. The highest BCUT2D eigenvalue weighted by molar-refractivity contribution is 5.75. The van der Waals surface area contributed by atoms with Crippen LogP contribution in [-0.2, 0) is 9.53 Å². The maximum Gasteiger partial charge on any atom is 0.310 e. The molecule has 2 atom stereocenters. The molecule has 4 heteroatoms. The third-order valence-corrected chi connectivity index (χ3v) is 4.76. The summed E-state index contributed by atoms with van der Waals surface area (Å²) in [4.78, 5) is 14.2. The Balaban J connectivity index is 2.08. The second kappa shape index (κ2) is 6.23. The van der Waals surface area contributed by atoms with Gasteiger partial charge in [-0.1, -0.05) is 25.7 Å². The van der Waals surface area contributed by atoms with Gasteiger partial charge in [0.15, 0.2) is 0 Å². The van der Waals surface area contributed by atoms with Gasteiger partial charge < -0.3 is 9.84 Å². The summed E-state index contributed by atoms with van der Waals surface area (Å²) in [6.07, 6.45) is 6.37. The third kappa shape index (κ3) is 3.48. The van der Waals surface area contributed by atoms with Crippen LogP contribution in [0.3, 0.4) is 0 Å². The number of hydrogen-bond donors (Lipinski definition) is 1. The first kappa shape index (κ1) is 14.8. The Morgan fingerprint density at radius 3 is 2.47 bits per heavy atom. The summed E-state index contributed by atoms with van der Waals surface area (Å²) >= 11 is 0. The molecule has 0 amide bonds. The number of nitrogens with zero attached hydrogens (tertiary/aromatic N) is 1. The Kier molecular flexibility index (Phi) is 4.85. The average molecular weight is 269 g/mol. The van der Waals surface area contributed by atoms with Crippen LogP contribution in [0.4, 0.5) is 0 Å². The lowest BCUT2D eigenvalue weighted by Gasteiger charge is -2.42. The van der Waals surface area contributed by atoms with Crippen molar-refractivity contribution in [1.29, 1.82) is 0 Å². The fraction of sp³-hybridized carbons (Fsp3) is 0.933. The SMILES string of the molecule is CC1CN(CC2(C(=O)O)CCCCCC2)C(C)CO1. The zero-order valence-corrected chi connectivity index (χ0v) is 12.2. The van der Waals surface area contributed by atoms with Crippen molar-refractivity contribution in [3.63, 3.8) is 0 Å². The van der Waals surface area contributed by atoms with Crippen molar-refractivity contribution >= 4 is 5.97 Å². The molecule has 0 aromatic heterocycles. The van der Waals surface area contributed by atoms with Crippen LogP contribution in [-0.4, -0.2) is 47.8 Å². The number of carboxylic acid groups (broad SMARTS) is 1. The lowest BCUT2D eigenvalue weighted by Crippen LogP contribution is -2.53. The van der Waals surface area contributed by atoms with Crippen molar-refractivity contribution in [1.82, 2.24) is 4.90 Å². The number of ether oxygens (including phenoxy) is 1. The van der Waals surface area contributed by atoms with Gasteiger partial charge in [-0.15, -0.1) is 0 Å². The van der Waals surface area contributed by atoms with Crippen molar-refractivity contribution in [2.24, 2.45) is 5.41 Å². The normalized spacial score (nSPS) is 32.7. The fourth-order valence-corrected chi connectivity index (χ4v) is 3.43. The van der Waals surface area contributed by atoms with Gasteiger partial charge in [-0.25, -0.2) is 0 Å². The minimum absolute atomic E-state index is 0.216. The van der Waals surface area contributed by atoms with Gasteiger partial charge in [0, 0.05) is 19.1 Å². The van der Waals surface area contributed by atoms with Gasteiger partial charge in [0.25, 0.3) is 0 Å². The van der Waals surface area contributed by atoms with Crippen LogP contribution >= 0.6 is 0 Å². The summed E-state index contributed by atoms with van der Waals surface area (Å²) in [6.45, 7) is 6.47. The number of morpholine rings is 1. The van der Waals surface area contributed by atoms with Crippen molar-refractivity contribution < 1.29 is 14.6 Å². The zero-order chi connectivity index (χ0) is 13.9. The maximum absolute atomic E-state index is 11.8. The third-order valence-electron chi connectivity index (χ3n) is 4.76. The molecule has 2 fully saturated rings. The Labute approximate surface area is 116 Å². The molecule has 1 heterocycles. The molecule has 1 aliphatic carbocycles. The molecule has 0 aromatic carbocycles. The molecular weight excluding hydrogens is 242 g/mol. The minimum Gasteiger partial charge on any atom is -0.481 e. The van der Waals surface area contributed by atoms with Crippen LogP contribution in [0, 0.1) is 5.41 Å². The summed E-state index contributed by atoms with van der Waals surface area (Å²) in [7, 11) is 0. The van der Waals surface area contributed by atoms with Crippen molar-refractivity contribution in [2.75, 3.05) is 19.7 Å². The number of carboxylic acids is 1. The molecule has 0 radical (unpaired) electrons. The number of hydrogen-bond acceptors (Lipinski definition) is 3. The molecular formula is C15H27NO3. The van der Waals surface area contributed by atoms with E-state index in [0.717, 1.165) is 38.8 Å². The van der Waals surface area contributed by atoms with Crippen LogP contribution in [0.15, 0.2) is 0 Å². The summed E-state index contributed by atoms with van der Waals surface area (Å²) < 4.78 is 5.64. The van der Waals surface area contributed by atoms with E-state index in [-0.39, 0.29) is 6.10 Å². The van der Waals surface area contributed by atoms with Crippen LogP contribution in [0.2, 0.25) is 0 Å². The molecule has 2 aliphatic rings. The molecule has 2 unspecified atom stereocenters. The van der Waals surface area contributed by atoms with Gasteiger partial charge in [-0.3, -0.25) is 9.69 Å². The predicted octanol–water partition coefficient (Wildman–Crippen LogP) is 2.52. The molecule has 1 saturated carbocycles. The average Bonchev–Trinajstić information content (AvgIpc) is 2.60. The first-order chi connectivity index (χ1) is 9.03. The first-order valence-electron chi connectivity index (χ1n) is 7.62. The van der Waals surface area contributed by atoms with Gasteiger partial charge in [-0.2, -0.15) is 0 Å². The molecule has 2 rings (SSSR count). The molecule has 0 spiro atoms. The van der Waals surface area contributed by atoms with Crippen molar-refractivity contribution in [3.05, 3.63) is 0 Å². The van der Waals surface area contributed by atoms with E-state index in [1.807, 2.05) is 0 Å². The highest BCUT2D eigenvalue weighted by atomic mass is 16.5. The van der Waals surface area contributed by atoms with Crippen LogP contribution in [0.25, 0.3) is 0 Å². The van der Waals surface area contributed by atoms with Gasteiger partial charge in [0.2, 0.25) is 0 Å². The summed E-state index contributed by atoms with van der Waals surface area (Å²) in [5, 5.41) is 9.74. The van der Waals surface area contributed by atoms with E-state index < -0.39 is 11.4 Å². The molecule has 0 bridgehead atoms. The lowest BCUT2D eigenvalue weighted by molar-refractivity contribution is -0.153. The van der Waals surface area contributed by atoms with Gasteiger partial charge >= 0.3 is 5.97 Å². The predicted molar refractivity (Wildman–Crippen MR) is 74.2 cm³/mol. The van der Waals surface area contributed by atoms with E-state index >= 15 is 0 Å². The van der Waals surface area contributed by atoms with E-state index in [1.54, 1.807) is 0 Å². The Bertz CT molecular complexity index is 311. The highest BCUT2D eigenvalue weighted by Crippen LogP contribution is 2.37. The van der Waals surface area contributed by atoms with Gasteiger partial charge in [-0.05, 0) is 26.7 Å². The van der Waals surface area contributed by atoms with E-state index in [1.165, 1.54) is 12.8 Å². The first-order valence-corrected chi connectivity index (χ1v) is 7.62. The molecule has 110 valence electrons.